The normalized spacial score (nSPS) is 30.2. The number of fused-ring (bicyclic) bond motifs is 2. The molecule has 0 amide bonds. The number of nitrogens with zero attached hydrogens (tertiary/aromatic N) is 6. The fourth-order valence-corrected chi connectivity index (χ4v) is 5.69. The van der Waals surface area contributed by atoms with Gasteiger partial charge in [0, 0.05) is 0 Å². The van der Waals surface area contributed by atoms with Gasteiger partial charge in [-0.15, -0.1) is 0 Å². The molecule has 11 N–H and O–H groups in total. The molecule has 21 heteroatoms. The van der Waals surface area contributed by atoms with Gasteiger partial charge < -0.3 is 55.6 Å². The van der Waals surface area contributed by atoms with Gasteiger partial charge in [0.25, 0.3) is 5.56 Å². The molecule has 2 fully saturated rings. The van der Waals surface area contributed by atoms with Crippen LogP contribution in [0.2, 0.25) is 0 Å². The van der Waals surface area contributed by atoms with E-state index in [9.17, 15) is 30.3 Å². The van der Waals surface area contributed by atoms with Gasteiger partial charge in [0.1, 0.15) is 46.8 Å². The molecule has 0 spiro atoms. The molecule has 6 rings (SSSR count). The maximum Gasteiger partial charge on any atom is 0.280 e. The summed E-state index contributed by atoms with van der Waals surface area (Å²) < 4.78 is 19.9. The van der Waals surface area contributed by atoms with Crippen LogP contribution in [0.4, 0.5) is 11.9 Å². The summed E-state index contributed by atoms with van der Waals surface area (Å²) in [6.45, 7) is -0.831. The molecule has 4 aromatic heterocycles. The number of rotatable bonds is 7. The minimum absolute atomic E-state index is 0.0314. The van der Waals surface area contributed by atoms with Gasteiger partial charge in [-0.1, -0.05) is 12.2 Å². The number of anilines is 2. The molecular formula is C20H24N10O9S2. The SMILES string of the molecule is Nc1nc2c(ncn2[C@@H]2O[C@H](COSc3nc4c(=S)[nH]c(N)nc4n3[C@@H]3O[C@H](CO)[C@@H](O)[C@H]3O)[C@@H](O)[C@H]2O)c(=O)[nH]1. The Balaban J connectivity index is 1.24. The van der Waals surface area contributed by atoms with E-state index in [1.54, 1.807) is 0 Å². The Morgan fingerprint density at radius 1 is 0.951 bits per heavy atom. The van der Waals surface area contributed by atoms with Crippen molar-refractivity contribution in [3.8, 4) is 0 Å². The molecule has 2 saturated heterocycles. The molecule has 2 aliphatic heterocycles. The van der Waals surface area contributed by atoms with Gasteiger partial charge in [-0.25, -0.2) is 9.97 Å². The first-order chi connectivity index (χ1) is 19.6. The van der Waals surface area contributed by atoms with Crippen LogP contribution in [0.1, 0.15) is 12.5 Å². The average molecular weight is 613 g/mol. The van der Waals surface area contributed by atoms with Gasteiger partial charge in [0.2, 0.25) is 11.9 Å². The predicted molar refractivity (Wildman–Crippen MR) is 140 cm³/mol. The number of hydrogen-bond donors (Lipinski definition) is 9. The number of ether oxygens (including phenoxy) is 2. The van der Waals surface area contributed by atoms with Crippen molar-refractivity contribution in [1.82, 2.24) is 39.0 Å². The van der Waals surface area contributed by atoms with Gasteiger partial charge in [0.15, 0.2) is 34.4 Å². The van der Waals surface area contributed by atoms with Crippen molar-refractivity contribution in [2.45, 2.75) is 54.2 Å². The number of imidazole rings is 2. The van der Waals surface area contributed by atoms with Crippen LogP contribution in [0, 0.1) is 4.64 Å². The number of aromatic nitrogens is 8. The lowest BCUT2D eigenvalue weighted by atomic mass is 10.1. The number of nitrogens with two attached hydrogens (primary N) is 2. The fourth-order valence-electron chi connectivity index (χ4n) is 4.74. The summed E-state index contributed by atoms with van der Waals surface area (Å²) in [4.78, 5) is 33.7. The maximum absolute atomic E-state index is 12.1. The van der Waals surface area contributed by atoms with E-state index in [2.05, 4.69) is 29.9 Å². The summed E-state index contributed by atoms with van der Waals surface area (Å²) in [5.41, 5.74) is 11.2. The Morgan fingerprint density at radius 2 is 1.61 bits per heavy atom. The molecule has 41 heavy (non-hydrogen) atoms. The van der Waals surface area contributed by atoms with Gasteiger partial charge in [-0.05, 0) is 0 Å². The Hall–Kier alpha value is -3.25. The third-order valence-electron chi connectivity index (χ3n) is 6.74. The highest BCUT2D eigenvalue weighted by Crippen LogP contribution is 2.37. The zero-order valence-electron chi connectivity index (χ0n) is 20.6. The number of aromatic amines is 2. The van der Waals surface area contributed by atoms with Crippen molar-refractivity contribution < 1.29 is 39.2 Å². The second-order valence-electron chi connectivity index (χ2n) is 9.31. The van der Waals surface area contributed by atoms with Gasteiger partial charge in [-0.3, -0.25) is 18.9 Å². The van der Waals surface area contributed by atoms with Crippen molar-refractivity contribution in [3.63, 3.8) is 0 Å². The second-order valence-corrected chi connectivity index (χ2v) is 10.5. The van der Waals surface area contributed by atoms with E-state index in [0.717, 1.165) is 0 Å². The first-order valence-electron chi connectivity index (χ1n) is 12.0. The molecule has 220 valence electrons. The molecular weight excluding hydrogens is 588 g/mol. The predicted octanol–water partition coefficient (Wildman–Crippen LogP) is -2.96. The lowest BCUT2D eigenvalue weighted by Crippen LogP contribution is -2.33. The highest BCUT2D eigenvalue weighted by Gasteiger charge is 2.46. The largest absolute Gasteiger partial charge is 0.394 e. The third kappa shape index (κ3) is 4.64. The third-order valence-corrected chi connectivity index (χ3v) is 7.72. The maximum atomic E-state index is 12.1. The molecule has 0 unspecified atom stereocenters. The van der Waals surface area contributed by atoms with E-state index >= 15 is 0 Å². The van der Waals surface area contributed by atoms with E-state index in [1.165, 1.54) is 15.5 Å². The molecule has 19 nitrogen and oxygen atoms in total. The van der Waals surface area contributed by atoms with Crippen LogP contribution in [0.15, 0.2) is 16.3 Å². The summed E-state index contributed by atoms with van der Waals surface area (Å²) in [6.07, 6.45) is -9.04. The van der Waals surface area contributed by atoms with Crippen LogP contribution in [0.3, 0.4) is 0 Å². The summed E-state index contributed by atoms with van der Waals surface area (Å²) in [7, 11) is 0. The summed E-state index contributed by atoms with van der Waals surface area (Å²) in [5, 5.41) is 51.9. The van der Waals surface area contributed by atoms with Gasteiger partial charge in [-0.2, -0.15) is 9.97 Å². The van der Waals surface area contributed by atoms with Crippen molar-refractivity contribution >= 4 is 58.5 Å². The summed E-state index contributed by atoms with van der Waals surface area (Å²) in [6, 6.07) is 0. The average Bonchev–Trinajstić information content (AvgIpc) is 3.65. The Bertz CT molecular complexity index is 1730. The number of aliphatic hydroxyl groups excluding tert-OH is 5. The van der Waals surface area contributed by atoms with Gasteiger partial charge in [0.05, 0.1) is 31.6 Å². The van der Waals surface area contributed by atoms with Gasteiger partial charge >= 0.3 is 0 Å². The standard InChI is InChI=1S/C20H24N10O9S2/c21-18-25-12-6(14(36)27-18)23-3-29(12)16-10(34)9(33)5(39-16)2-37-41-20-24-7-13(26-19(22)28-15(7)40)30(20)17-11(35)8(32)4(1-31)38-17/h3-5,8-11,16-17,31-35H,1-2H2,(H3,21,25,27,36)(H3,22,26,28,40)/t4-,5-,8-,9-,10-,11-,16-,17-/m1/s1. The minimum atomic E-state index is -1.47. The lowest BCUT2D eigenvalue weighted by molar-refractivity contribution is -0.0553. The van der Waals surface area contributed by atoms with Crippen molar-refractivity contribution in [3.05, 3.63) is 21.3 Å². The number of nitrogens with one attached hydrogen (secondary N) is 2. The van der Waals surface area contributed by atoms with E-state index in [-0.39, 0.29) is 50.6 Å². The molecule has 0 bridgehead atoms. The van der Waals surface area contributed by atoms with Crippen LogP contribution in [0.5, 0.6) is 0 Å². The smallest absolute Gasteiger partial charge is 0.280 e. The first-order valence-corrected chi connectivity index (χ1v) is 13.2. The summed E-state index contributed by atoms with van der Waals surface area (Å²) >= 11 is 5.99. The Labute approximate surface area is 236 Å². The highest BCUT2D eigenvalue weighted by atomic mass is 32.2. The molecule has 0 aliphatic carbocycles. The van der Waals surface area contributed by atoms with Crippen molar-refractivity contribution in [2.24, 2.45) is 0 Å². The first kappa shape index (κ1) is 27.9. The zero-order chi connectivity index (χ0) is 29.2. The van der Waals surface area contributed by atoms with Crippen LogP contribution < -0.4 is 17.0 Å². The molecule has 0 aromatic carbocycles. The Morgan fingerprint density at radius 3 is 2.34 bits per heavy atom. The van der Waals surface area contributed by atoms with Crippen LogP contribution in [-0.2, 0) is 13.7 Å². The minimum Gasteiger partial charge on any atom is -0.394 e. The van der Waals surface area contributed by atoms with Crippen LogP contribution in [-0.4, -0.2) is 114 Å². The number of H-pyrrole nitrogens is 2. The van der Waals surface area contributed by atoms with Crippen LogP contribution in [0.25, 0.3) is 22.3 Å². The molecule has 4 aromatic rings. The highest BCUT2D eigenvalue weighted by molar-refractivity contribution is 7.94. The van der Waals surface area contributed by atoms with Crippen molar-refractivity contribution in [1.29, 1.82) is 0 Å². The van der Waals surface area contributed by atoms with E-state index in [0.29, 0.717) is 12.0 Å². The molecule has 8 atom stereocenters. The van der Waals surface area contributed by atoms with E-state index in [4.69, 9.17) is 37.3 Å². The second kappa shape index (κ2) is 10.5. The zero-order valence-corrected chi connectivity index (χ0v) is 22.3. The Kier molecular flexibility index (Phi) is 7.17. The van der Waals surface area contributed by atoms with E-state index in [1.807, 2.05) is 0 Å². The number of hydrogen-bond acceptors (Lipinski definition) is 17. The topological polar surface area (TPSA) is 291 Å². The molecule has 6 heterocycles. The van der Waals surface area contributed by atoms with Crippen molar-refractivity contribution in [2.75, 3.05) is 24.7 Å². The van der Waals surface area contributed by atoms with Crippen LogP contribution >= 0.6 is 24.3 Å². The molecule has 2 aliphatic rings. The summed E-state index contributed by atoms with van der Waals surface area (Å²) in [5.74, 6) is -0.206. The van der Waals surface area contributed by atoms with E-state index < -0.39 is 61.2 Å². The molecule has 0 saturated carbocycles. The quantitative estimate of drug-likeness (QED) is 0.0744. The lowest BCUT2D eigenvalue weighted by Gasteiger charge is -2.19. The fraction of sp³-hybridized carbons (Fsp3) is 0.500. The molecule has 0 radical (unpaired) electrons. The number of nitrogen functional groups attached to an aromatic ring is 2. The number of aliphatic hydroxyl groups is 5. The monoisotopic (exact) mass is 612 g/mol.